The van der Waals surface area contributed by atoms with Gasteiger partial charge >= 0.3 is 0 Å². The molecule has 2 aromatic carbocycles. The number of rotatable bonds is 7. The summed E-state index contributed by atoms with van der Waals surface area (Å²) < 4.78 is 5.29. The molecule has 4 aromatic rings. The number of imidazole rings is 1. The van der Waals surface area contributed by atoms with Crippen LogP contribution in [-0.4, -0.2) is 46.3 Å². The van der Waals surface area contributed by atoms with Crippen molar-refractivity contribution in [2.75, 3.05) is 20.2 Å². The van der Waals surface area contributed by atoms with Crippen LogP contribution in [0.25, 0.3) is 33.7 Å². The van der Waals surface area contributed by atoms with Crippen LogP contribution in [0, 0.1) is 0 Å². The molecular weight excluding hydrogens is 368 g/mol. The number of hydrogen-bond donors (Lipinski definition) is 4. The molecule has 8 nitrogen and oxygen atoms in total. The van der Waals surface area contributed by atoms with Gasteiger partial charge in [-0.05, 0) is 43.3 Å². The van der Waals surface area contributed by atoms with Gasteiger partial charge in [-0.25, -0.2) is 4.98 Å². The number of hydrogen-bond acceptors (Lipinski definition) is 5. The minimum absolute atomic E-state index is 0.135. The van der Waals surface area contributed by atoms with Gasteiger partial charge in [0, 0.05) is 23.1 Å². The minimum Gasteiger partial charge on any atom is -0.497 e. The zero-order valence-electron chi connectivity index (χ0n) is 16.0. The number of methoxy groups -OCH3 is 1. The first kappa shape index (κ1) is 18.7. The lowest BCUT2D eigenvalue weighted by Crippen LogP contribution is -2.25. The predicted molar refractivity (Wildman–Crippen MR) is 112 cm³/mol. The van der Waals surface area contributed by atoms with Crippen molar-refractivity contribution < 1.29 is 9.53 Å². The highest BCUT2D eigenvalue weighted by atomic mass is 16.5. The zero-order chi connectivity index (χ0) is 20.2. The van der Waals surface area contributed by atoms with Gasteiger partial charge in [0.05, 0.1) is 24.5 Å². The molecule has 0 bridgehead atoms. The van der Waals surface area contributed by atoms with E-state index in [0.29, 0.717) is 30.2 Å². The number of aromatic amines is 2. The second-order valence-corrected chi connectivity index (χ2v) is 6.61. The van der Waals surface area contributed by atoms with E-state index < -0.39 is 0 Å². The number of nitrogens with two attached hydrogens (primary N) is 1. The van der Waals surface area contributed by atoms with Gasteiger partial charge < -0.3 is 20.8 Å². The molecular formula is C21H22N6O2. The molecule has 0 fully saturated rings. The average Bonchev–Trinajstić information content (AvgIpc) is 3.40. The molecule has 0 aliphatic carbocycles. The Balaban J connectivity index is 1.65. The molecule has 4 rings (SSSR count). The van der Waals surface area contributed by atoms with Gasteiger partial charge in [0.25, 0.3) is 5.91 Å². The fraction of sp³-hybridized carbons (Fsp3) is 0.190. The summed E-state index contributed by atoms with van der Waals surface area (Å²) >= 11 is 0. The molecule has 2 heterocycles. The maximum absolute atomic E-state index is 12.4. The number of carbonyl (C=O) groups is 1. The first-order valence-electron chi connectivity index (χ1n) is 9.36. The van der Waals surface area contributed by atoms with E-state index in [1.54, 1.807) is 19.4 Å². The maximum atomic E-state index is 12.4. The second kappa shape index (κ2) is 8.15. The zero-order valence-corrected chi connectivity index (χ0v) is 16.0. The Bertz CT molecular complexity index is 1150. The lowest BCUT2D eigenvalue weighted by molar-refractivity contribution is 0.0953. The third kappa shape index (κ3) is 3.83. The van der Waals surface area contributed by atoms with E-state index in [0.717, 1.165) is 34.3 Å². The van der Waals surface area contributed by atoms with Crippen LogP contribution >= 0.6 is 0 Å². The number of aromatic nitrogens is 4. The van der Waals surface area contributed by atoms with Crippen molar-refractivity contribution in [3.8, 4) is 28.5 Å². The number of carbonyl (C=O) groups excluding carboxylic acids is 1. The minimum atomic E-state index is -0.135. The summed E-state index contributed by atoms with van der Waals surface area (Å²) in [4.78, 5) is 20.1. The summed E-state index contributed by atoms with van der Waals surface area (Å²) in [5.41, 5.74) is 9.35. The molecule has 2 aromatic heterocycles. The van der Waals surface area contributed by atoms with Crippen molar-refractivity contribution in [2.45, 2.75) is 6.42 Å². The van der Waals surface area contributed by atoms with Crippen molar-refractivity contribution in [2.24, 2.45) is 5.73 Å². The number of benzene rings is 2. The normalized spacial score (nSPS) is 11.0. The molecule has 0 aliphatic rings. The van der Waals surface area contributed by atoms with Crippen LogP contribution in [0.1, 0.15) is 16.8 Å². The molecule has 0 spiro atoms. The summed E-state index contributed by atoms with van der Waals surface area (Å²) in [6.45, 7) is 1.09. The standard InChI is InChI=1S/C21H22N6O2/c1-29-15-5-2-4-13(10-15)18-12-24-20(25-18)19-16-11-14(6-7-17(16)26-27-19)21(28)23-9-3-8-22/h2,4-7,10-12H,3,8-9,22H2,1H3,(H,23,28)(H,24,25)(H,26,27). The van der Waals surface area contributed by atoms with Crippen LogP contribution in [0.4, 0.5) is 0 Å². The smallest absolute Gasteiger partial charge is 0.251 e. The molecule has 5 N–H and O–H groups in total. The van der Waals surface area contributed by atoms with E-state index in [2.05, 4.69) is 25.5 Å². The summed E-state index contributed by atoms with van der Waals surface area (Å²) in [7, 11) is 1.64. The topological polar surface area (TPSA) is 122 Å². The van der Waals surface area contributed by atoms with Crippen molar-refractivity contribution >= 4 is 16.8 Å². The largest absolute Gasteiger partial charge is 0.497 e. The summed E-state index contributed by atoms with van der Waals surface area (Å²) in [5, 5.41) is 11.1. The van der Waals surface area contributed by atoms with Gasteiger partial charge in [-0.15, -0.1) is 0 Å². The average molecular weight is 390 g/mol. The van der Waals surface area contributed by atoms with Crippen molar-refractivity contribution in [1.82, 2.24) is 25.5 Å². The highest BCUT2D eigenvalue weighted by molar-refractivity contribution is 6.01. The summed E-state index contributed by atoms with van der Waals surface area (Å²) in [6, 6.07) is 13.2. The van der Waals surface area contributed by atoms with E-state index in [4.69, 9.17) is 10.5 Å². The molecule has 8 heteroatoms. The Morgan fingerprint density at radius 2 is 2.14 bits per heavy atom. The van der Waals surface area contributed by atoms with Gasteiger partial charge in [0.2, 0.25) is 0 Å². The maximum Gasteiger partial charge on any atom is 0.251 e. The Labute approximate surface area is 167 Å². The summed E-state index contributed by atoms with van der Waals surface area (Å²) in [5.74, 6) is 1.26. The second-order valence-electron chi connectivity index (χ2n) is 6.61. The van der Waals surface area contributed by atoms with Crippen LogP contribution in [0.5, 0.6) is 5.75 Å². The van der Waals surface area contributed by atoms with Crippen molar-refractivity contribution in [3.63, 3.8) is 0 Å². The molecule has 148 valence electrons. The van der Waals surface area contributed by atoms with Crippen molar-refractivity contribution in [1.29, 1.82) is 0 Å². The van der Waals surface area contributed by atoms with E-state index in [1.807, 2.05) is 36.4 Å². The third-order valence-corrected chi connectivity index (χ3v) is 4.67. The Morgan fingerprint density at radius 1 is 1.24 bits per heavy atom. The van der Waals surface area contributed by atoms with Crippen LogP contribution in [-0.2, 0) is 0 Å². The SMILES string of the molecule is COc1cccc(-c2cnc(-c3n[nH]c4ccc(C(=O)NCCCN)cc34)[nH]2)c1. The van der Waals surface area contributed by atoms with Gasteiger partial charge in [0.15, 0.2) is 5.82 Å². The molecule has 0 saturated carbocycles. The number of nitrogens with zero attached hydrogens (tertiary/aromatic N) is 2. The lowest BCUT2D eigenvalue weighted by atomic mass is 10.1. The first-order chi connectivity index (χ1) is 14.2. The highest BCUT2D eigenvalue weighted by Crippen LogP contribution is 2.28. The Hall–Kier alpha value is -3.65. The van der Waals surface area contributed by atoms with Gasteiger partial charge in [-0.1, -0.05) is 12.1 Å². The molecule has 0 saturated heterocycles. The fourth-order valence-electron chi connectivity index (χ4n) is 3.12. The number of ether oxygens (including phenoxy) is 1. The van der Waals surface area contributed by atoms with Crippen LogP contribution < -0.4 is 15.8 Å². The quantitative estimate of drug-likeness (QED) is 0.362. The molecule has 0 aliphatic heterocycles. The third-order valence-electron chi connectivity index (χ3n) is 4.67. The molecule has 0 unspecified atom stereocenters. The van der Waals surface area contributed by atoms with E-state index >= 15 is 0 Å². The van der Waals surface area contributed by atoms with E-state index in [9.17, 15) is 4.79 Å². The first-order valence-corrected chi connectivity index (χ1v) is 9.36. The van der Waals surface area contributed by atoms with Gasteiger partial charge in [0.1, 0.15) is 11.4 Å². The van der Waals surface area contributed by atoms with Gasteiger partial charge in [-0.3, -0.25) is 9.89 Å². The monoisotopic (exact) mass is 390 g/mol. The Morgan fingerprint density at radius 3 is 2.97 bits per heavy atom. The number of fused-ring (bicyclic) bond motifs is 1. The van der Waals surface area contributed by atoms with Crippen LogP contribution in [0.2, 0.25) is 0 Å². The predicted octanol–water partition coefficient (Wildman–Crippen LogP) is 2.71. The number of H-pyrrole nitrogens is 2. The van der Waals surface area contributed by atoms with Crippen LogP contribution in [0.15, 0.2) is 48.7 Å². The number of amides is 1. The van der Waals surface area contributed by atoms with Crippen LogP contribution in [0.3, 0.4) is 0 Å². The van der Waals surface area contributed by atoms with E-state index in [-0.39, 0.29) is 5.91 Å². The highest BCUT2D eigenvalue weighted by Gasteiger charge is 2.15. The fourth-order valence-corrected chi connectivity index (χ4v) is 3.12. The van der Waals surface area contributed by atoms with Crippen molar-refractivity contribution in [3.05, 3.63) is 54.2 Å². The lowest BCUT2D eigenvalue weighted by Gasteiger charge is -2.04. The molecule has 0 radical (unpaired) electrons. The molecule has 1 amide bonds. The molecule has 29 heavy (non-hydrogen) atoms. The van der Waals surface area contributed by atoms with E-state index in [1.165, 1.54) is 0 Å². The Kier molecular flexibility index (Phi) is 5.26. The number of nitrogens with one attached hydrogen (secondary N) is 3. The molecule has 0 atom stereocenters. The summed E-state index contributed by atoms with van der Waals surface area (Å²) in [6.07, 6.45) is 2.50. The van der Waals surface area contributed by atoms with Gasteiger partial charge in [-0.2, -0.15) is 5.10 Å².